The summed E-state index contributed by atoms with van der Waals surface area (Å²) in [5, 5.41) is 4.48. The van der Waals surface area contributed by atoms with E-state index in [9.17, 15) is 18.4 Å². The third kappa shape index (κ3) is 14.0. The number of nitrogens with one attached hydrogen (secondary N) is 2. The molecule has 0 aromatic heterocycles. The van der Waals surface area contributed by atoms with Crippen LogP contribution < -0.4 is 10.6 Å². The first-order valence-corrected chi connectivity index (χ1v) is 7.43. The standard InChI is InChI=1S/C14H26F2N2O5/c1-10(17-13(19)6-15)7-21-4-5-23-12(3)9-22-8-11(2)18-14(16)20/h10-12H,4-9H2,1-3H3,(H,17,19)(H,18,20). The van der Waals surface area contributed by atoms with Gasteiger partial charge in [-0.3, -0.25) is 4.79 Å². The molecule has 0 saturated heterocycles. The normalized spacial score (nSPS) is 14.8. The minimum Gasteiger partial charge on any atom is -0.377 e. The number of hydrogen-bond donors (Lipinski definition) is 2. The van der Waals surface area contributed by atoms with E-state index in [1.165, 1.54) is 0 Å². The lowest BCUT2D eigenvalue weighted by Crippen LogP contribution is -2.37. The van der Waals surface area contributed by atoms with E-state index < -0.39 is 24.8 Å². The molecular weight excluding hydrogens is 314 g/mol. The molecule has 0 aromatic carbocycles. The Balaban J connectivity index is 3.51. The summed E-state index contributed by atoms with van der Waals surface area (Å²) < 4.78 is 40.0. The van der Waals surface area contributed by atoms with Gasteiger partial charge in [0.05, 0.1) is 45.2 Å². The molecule has 2 amide bonds. The Labute approximate surface area is 135 Å². The Hall–Kier alpha value is -1.32. The van der Waals surface area contributed by atoms with Crippen LogP contribution in [-0.4, -0.2) is 70.0 Å². The van der Waals surface area contributed by atoms with Gasteiger partial charge in [0.2, 0.25) is 0 Å². The molecule has 0 rings (SSSR count). The van der Waals surface area contributed by atoms with E-state index >= 15 is 0 Å². The van der Waals surface area contributed by atoms with Crippen molar-refractivity contribution in [2.24, 2.45) is 0 Å². The second-order valence-electron chi connectivity index (χ2n) is 5.22. The van der Waals surface area contributed by atoms with Crippen molar-refractivity contribution in [1.29, 1.82) is 0 Å². The van der Waals surface area contributed by atoms with Crippen LogP contribution in [-0.2, 0) is 19.0 Å². The SMILES string of the molecule is CC(COCC(C)OCCOCC(C)NC(=O)CF)NC(=O)F. The van der Waals surface area contributed by atoms with Crippen LogP contribution in [0.3, 0.4) is 0 Å². The van der Waals surface area contributed by atoms with Gasteiger partial charge in [-0.2, -0.15) is 0 Å². The summed E-state index contributed by atoms with van der Waals surface area (Å²) in [5.41, 5.74) is 0. The largest absolute Gasteiger partial charge is 0.397 e. The van der Waals surface area contributed by atoms with Crippen molar-refractivity contribution in [3.8, 4) is 0 Å². The zero-order valence-electron chi connectivity index (χ0n) is 13.8. The number of carbonyl (C=O) groups is 2. The van der Waals surface area contributed by atoms with Crippen molar-refractivity contribution in [3.63, 3.8) is 0 Å². The van der Waals surface area contributed by atoms with Crippen molar-refractivity contribution < 1.29 is 32.6 Å². The van der Waals surface area contributed by atoms with E-state index in [-0.39, 0.29) is 25.4 Å². The Bertz CT molecular complexity index is 347. The number of ether oxygens (including phenoxy) is 3. The van der Waals surface area contributed by atoms with Crippen molar-refractivity contribution in [3.05, 3.63) is 0 Å². The van der Waals surface area contributed by atoms with Crippen LogP contribution in [0.1, 0.15) is 20.8 Å². The van der Waals surface area contributed by atoms with E-state index in [2.05, 4.69) is 10.6 Å². The van der Waals surface area contributed by atoms with E-state index in [1.54, 1.807) is 13.8 Å². The highest BCUT2D eigenvalue weighted by Crippen LogP contribution is 1.95. The lowest BCUT2D eigenvalue weighted by Gasteiger charge is -2.17. The molecule has 0 spiro atoms. The fourth-order valence-electron chi connectivity index (χ4n) is 1.62. The van der Waals surface area contributed by atoms with Gasteiger partial charge in [0.15, 0.2) is 6.67 Å². The quantitative estimate of drug-likeness (QED) is 0.296. The van der Waals surface area contributed by atoms with Gasteiger partial charge in [0.25, 0.3) is 5.91 Å². The maximum atomic E-state index is 12.0. The maximum Gasteiger partial charge on any atom is 0.397 e. The first-order chi connectivity index (χ1) is 10.8. The molecule has 0 radical (unpaired) electrons. The molecule has 3 atom stereocenters. The van der Waals surface area contributed by atoms with Gasteiger partial charge in [-0.05, 0) is 20.8 Å². The van der Waals surface area contributed by atoms with Gasteiger partial charge in [0, 0.05) is 6.04 Å². The molecule has 0 fully saturated rings. The zero-order valence-corrected chi connectivity index (χ0v) is 13.8. The first-order valence-electron chi connectivity index (χ1n) is 7.43. The third-order valence-corrected chi connectivity index (χ3v) is 2.61. The number of rotatable bonds is 13. The van der Waals surface area contributed by atoms with Crippen LogP contribution in [0.5, 0.6) is 0 Å². The van der Waals surface area contributed by atoms with E-state index in [0.717, 1.165) is 0 Å². The summed E-state index contributed by atoms with van der Waals surface area (Å²) in [6.45, 7) is 5.52. The molecule has 3 unspecified atom stereocenters. The Morgan fingerprint density at radius 1 is 0.957 bits per heavy atom. The molecule has 0 aliphatic carbocycles. The summed E-state index contributed by atoms with van der Waals surface area (Å²) in [7, 11) is 0. The van der Waals surface area contributed by atoms with Crippen LogP contribution in [0, 0.1) is 0 Å². The lowest BCUT2D eigenvalue weighted by molar-refractivity contribution is -0.123. The minimum absolute atomic E-state index is 0.185. The first kappa shape index (κ1) is 21.7. The van der Waals surface area contributed by atoms with E-state index in [0.29, 0.717) is 19.8 Å². The second kappa shape index (κ2) is 13.1. The second-order valence-corrected chi connectivity index (χ2v) is 5.22. The predicted octanol–water partition coefficient (Wildman–Crippen LogP) is 0.966. The number of carbonyl (C=O) groups excluding carboxylic acids is 2. The average Bonchev–Trinajstić information content (AvgIpc) is 2.45. The molecule has 0 bridgehead atoms. The van der Waals surface area contributed by atoms with E-state index in [1.807, 2.05) is 6.92 Å². The number of amides is 2. The molecule has 0 heterocycles. The van der Waals surface area contributed by atoms with Crippen LogP contribution in [0.2, 0.25) is 0 Å². The molecule has 0 aliphatic heterocycles. The molecule has 0 aromatic rings. The van der Waals surface area contributed by atoms with Crippen molar-refractivity contribution in [1.82, 2.24) is 10.6 Å². The van der Waals surface area contributed by atoms with Gasteiger partial charge in [-0.1, -0.05) is 0 Å². The molecule has 23 heavy (non-hydrogen) atoms. The molecule has 0 saturated carbocycles. The molecular formula is C14H26F2N2O5. The van der Waals surface area contributed by atoms with Crippen molar-refractivity contribution in [2.75, 3.05) is 39.7 Å². The minimum atomic E-state index is -1.58. The highest BCUT2D eigenvalue weighted by atomic mass is 19.1. The van der Waals surface area contributed by atoms with Crippen LogP contribution in [0.4, 0.5) is 13.6 Å². The van der Waals surface area contributed by atoms with E-state index in [4.69, 9.17) is 14.2 Å². The average molecular weight is 340 g/mol. The Morgan fingerprint density at radius 2 is 1.57 bits per heavy atom. The number of alkyl halides is 1. The fourth-order valence-corrected chi connectivity index (χ4v) is 1.62. The molecule has 0 aliphatic rings. The van der Waals surface area contributed by atoms with Gasteiger partial charge >= 0.3 is 6.16 Å². The van der Waals surface area contributed by atoms with Crippen LogP contribution >= 0.6 is 0 Å². The number of hydrogen-bond acceptors (Lipinski definition) is 5. The van der Waals surface area contributed by atoms with Gasteiger partial charge < -0.3 is 24.8 Å². The highest BCUT2D eigenvalue weighted by Gasteiger charge is 2.09. The summed E-state index contributed by atoms with van der Waals surface area (Å²) in [6.07, 6.45) is -1.77. The summed E-state index contributed by atoms with van der Waals surface area (Å²) in [5.74, 6) is -0.665. The smallest absolute Gasteiger partial charge is 0.377 e. The number of halogens is 2. The summed E-state index contributed by atoms with van der Waals surface area (Å²) >= 11 is 0. The van der Waals surface area contributed by atoms with Crippen molar-refractivity contribution >= 4 is 12.1 Å². The fraction of sp³-hybridized carbons (Fsp3) is 0.857. The van der Waals surface area contributed by atoms with Gasteiger partial charge in [-0.25, -0.2) is 9.18 Å². The monoisotopic (exact) mass is 340 g/mol. The highest BCUT2D eigenvalue weighted by molar-refractivity contribution is 5.77. The molecule has 9 heteroatoms. The Kier molecular flexibility index (Phi) is 12.4. The lowest BCUT2D eigenvalue weighted by atomic mass is 10.3. The predicted molar refractivity (Wildman–Crippen MR) is 79.7 cm³/mol. The van der Waals surface area contributed by atoms with Crippen LogP contribution in [0.25, 0.3) is 0 Å². The van der Waals surface area contributed by atoms with Gasteiger partial charge in [0.1, 0.15) is 0 Å². The zero-order chi connectivity index (χ0) is 17.7. The maximum absolute atomic E-state index is 12.0. The van der Waals surface area contributed by atoms with Crippen LogP contribution in [0.15, 0.2) is 0 Å². The third-order valence-electron chi connectivity index (χ3n) is 2.61. The summed E-state index contributed by atoms with van der Waals surface area (Å²) in [6, 6.07) is -0.685. The molecule has 136 valence electrons. The summed E-state index contributed by atoms with van der Waals surface area (Å²) in [4.78, 5) is 20.9. The Morgan fingerprint density at radius 3 is 2.17 bits per heavy atom. The molecule has 2 N–H and O–H groups in total. The van der Waals surface area contributed by atoms with Crippen molar-refractivity contribution in [2.45, 2.75) is 39.0 Å². The van der Waals surface area contributed by atoms with Gasteiger partial charge in [-0.15, -0.1) is 4.39 Å². The topological polar surface area (TPSA) is 85.9 Å². The molecule has 7 nitrogen and oxygen atoms in total.